The van der Waals surface area contributed by atoms with E-state index in [0.717, 1.165) is 37.3 Å². The number of methoxy groups -OCH3 is 1. The highest BCUT2D eigenvalue weighted by atomic mass is 32.1. The molecule has 0 spiro atoms. The third-order valence-corrected chi connectivity index (χ3v) is 6.35. The van der Waals surface area contributed by atoms with Crippen LogP contribution >= 0.6 is 23.6 Å². The highest BCUT2D eigenvalue weighted by Gasteiger charge is 2.34. The van der Waals surface area contributed by atoms with Crippen molar-refractivity contribution >= 4 is 39.6 Å². The number of hydrogen-bond acceptors (Lipinski definition) is 5. The number of thiophene rings is 1. The molecular formula is C19H23F3N4O2S2. The van der Waals surface area contributed by atoms with Crippen LogP contribution in [0.3, 0.4) is 0 Å². The summed E-state index contributed by atoms with van der Waals surface area (Å²) in [5.74, 6) is -0.380. The van der Waals surface area contributed by atoms with E-state index in [-0.39, 0.29) is 5.97 Å². The second-order valence-electron chi connectivity index (χ2n) is 7.03. The normalized spacial score (nSPS) is 13.6. The van der Waals surface area contributed by atoms with Crippen LogP contribution in [0.2, 0.25) is 0 Å². The number of nitrogens with one attached hydrogen (secondary N) is 2. The molecule has 0 fully saturated rings. The fourth-order valence-corrected chi connectivity index (χ4v) is 4.98. The van der Waals surface area contributed by atoms with Gasteiger partial charge in [-0.05, 0) is 62.9 Å². The number of hydrogen-bond donors (Lipinski definition) is 2. The molecule has 0 unspecified atom stereocenters. The minimum atomic E-state index is -4.45. The number of carbonyl (C=O) groups is 1. The highest BCUT2D eigenvalue weighted by molar-refractivity contribution is 7.80. The lowest BCUT2D eigenvalue weighted by Gasteiger charge is -2.12. The number of ether oxygens (including phenoxy) is 1. The molecule has 0 bridgehead atoms. The van der Waals surface area contributed by atoms with Crippen molar-refractivity contribution in [2.75, 3.05) is 19.0 Å². The van der Waals surface area contributed by atoms with Crippen LogP contribution in [0.25, 0.3) is 0 Å². The van der Waals surface area contributed by atoms with Gasteiger partial charge in [0.05, 0.1) is 12.7 Å². The van der Waals surface area contributed by atoms with Gasteiger partial charge in [0.25, 0.3) is 0 Å². The maximum absolute atomic E-state index is 12.7. The van der Waals surface area contributed by atoms with E-state index in [2.05, 4.69) is 15.7 Å². The lowest BCUT2D eigenvalue weighted by Crippen LogP contribution is -2.30. The predicted octanol–water partition coefficient (Wildman–Crippen LogP) is 4.31. The van der Waals surface area contributed by atoms with Crippen LogP contribution in [0, 0.1) is 6.92 Å². The van der Waals surface area contributed by atoms with Crippen LogP contribution < -0.4 is 10.6 Å². The molecule has 0 aliphatic heterocycles. The number of halogens is 3. The molecule has 30 heavy (non-hydrogen) atoms. The Morgan fingerprint density at radius 2 is 2.10 bits per heavy atom. The van der Waals surface area contributed by atoms with Crippen molar-refractivity contribution in [1.82, 2.24) is 15.1 Å². The Morgan fingerprint density at radius 1 is 1.37 bits per heavy atom. The van der Waals surface area contributed by atoms with Crippen molar-refractivity contribution in [2.45, 2.75) is 51.7 Å². The minimum absolute atomic E-state index is 0.332. The Kier molecular flexibility index (Phi) is 7.02. The van der Waals surface area contributed by atoms with E-state index < -0.39 is 11.9 Å². The Balaban J connectivity index is 1.55. The second-order valence-corrected chi connectivity index (χ2v) is 8.55. The van der Waals surface area contributed by atoms with Gasteiger partial charge in [0.15, 0.2) is 10.8 Å². The zero-order valence-corrected chi connectivity index (χ0v) is 18.3. The summed E-state index contributed by atoms with van der Waals surface area (Å²) >= 11 is 6.85. The molecule has 0 saturated carbocycles. The summed E-state index contributed by atoms with van der Waals surface area (Å²) in [6.45, 7) is 2.37. The molecule has 0 atom stereocenters. The number of thiocarbonyl (C=S) groups is 1. The number of carbonyl (C=O) groups excluding carboxylic acids is 1. The molecule has 2 heterocycles. The summed E-state index contributed by atoms with van der Waals surface area (Å²) < 4.78 is 44.5. The van der Waals surface area contributed by atoms with Gasteiger partial charge in [-0.2, -0.15) is 18.3 Å². The molecule has 0 aromatic carbocycles. The number of anilines is 1. The lowest BCUT2D eigenvalue weighted by atomic mass is 9.95. The number of fused-ring (bicyclic) bond motifs is 1. The lowest BCUT2D eigenvalue weighted by molar-refractivity contribution is -0.141. The first kappa shape index (κ1) is 22.5. The molecule has 2 N–H and O–H groups in total. The quantitative estimate of drug-likeness (QED) is 0.380. The fraction of sp³-hybridized carbons (Fsp3) is 0.526. The first-order chi connectivity index (χ1) is 14.2. The van der Waals surface area contributed by atoms with Crippen molar-refractivity contribution in [2.24, 2.45) is 0 Å². The minimum Gasteiger partial charge on any atom is -0.465 e. The molecule has 1 aliphatic rings. The Hall–Kier alpha value is -2.14. The predicted molar refractivity (Wildman–Crippen MR) is 113 cm³/mol. The standard InChI is InChI=1S/C19H23F3N4O2S2/c1-11-10-14(19(20,21)22)25-26(11)9-5-8-23-18(29)24-16-15(17(27)28-2)12-6-3-4-7-13(12)30-16/h10H,3-9H2,1-2H3,(H2,23,24,29). The van der Waals surface area contributed by atoms with Crippen LogP contribution in [-0.4, -0.2) is 34.5 Å². The maximum atomic E-state index is 12.7. The van der Waals surface area contributed by atoms with Crippen molar-refractivity contribution in [1.29, 1.82) is 0 Å². The number of aryl methyl sites for hydroxylation is 3. The highest BCUT2D eigenvalue weighted by Crippen LogP contribution is 2.38. The Morgan fingerprint density at radius 3 is 2.77 bits per heavy atom. The largest absolute Gasteiger partial charge is 0.465 e. The Labute approximate surface area is 181 Å². The van der Waals surface area contributed by atoms with Crippen molar-refractivity contribution in [3.05, 3.63) is 33.5 Å². The third-order valence-electron chi connectivity index (χ3n) is 4.89. The number of nitrogens with zero attached hydrogens (tertiary/aromatic N) is 2. The van der Waals surface area contributed by atoms with Crippen molar-refractivity contribution in [3.8, 4) is 0 Å². The summed E-state index contributed by atoms with van der Waals surface area (Å²) in [4.78, 5) is 13.4. The van der Waals surface area contributed by atoms with Gasteiger partial charge in [0.2, 0.25) is 0 Å². The maximum Gasteiger partial charge on any atom is 0.435 e. The van der Waals surface area contributed by atoms with Crippen molar-refractivity contribution in [3.63, 3.8) is 0 Å². The smallest absolute Gasteiger partial charge is 0.435 e. The van der Waals surface area contributed by atoms with Gasteiger partial charge >= 0.3 is 12.1 Å². The number of esters is 1. The van der Waals surface area contributed by atoms with Crippen LogP contribution in [0.4, 0.5) is 18.2 Å². The van der Waals surface area contributed by atoms with Gasteiger partial charge in [0.1, 0.15) is 5.00 Å². The SMILES string of the molecule is COC(=O)c1c(NC(=S)NCCCn2nc(C(F)(F)F)cc2C)sc2c1CCCC2. The summed E-state index contributed by atoms with van der Waals surface area (Å²) in [5, 5.41) is 10.8. The number of rotatable bonds is 6. The summed E-state index contributed by atoms with van der Waals surface area (Å²) in [6.07, 6.45) is 0.0115. The van der Waals surface area contributed by atoms with Gasteiger partial charge in [-0.3, -0.25) is 4.68 Å². The van der Waals surface area contributed by atoms with Gasteiger partial charge in [-0.25, -0.2) is 4.79 Å². The topological polar surface area (TPSA) is 68.2 Å². The van der Waals surface area contributed by atoms with E-state index in [1.54, 1.807) is 6.92 Å². The van der Waals surface area contributed by atoms with Crippen LogP contribution in [0.1, 0.15) is 51.4 Å². The van der Waals surface area contributed by atoms with E-state index in [4.69, 9.17) is 17.0 Å². The molecule has 11 heteroatoms. The van der Waals surface area contributed by atoms with E-state index in [0.29, 0.717) is 40.9 Å². The molecule has 2 aromatic rings. The van der Waals surface area contributed by atoms with E-state index in [9.17, 15) is 18.0 Å². The molecule has 164 valence electrons. The van der Waals surface area contributed by atoms with Crippen LogP contribution in [-0.2, 0) is 30.3 Å². The van der Waals surface area contributed by atoms with Crippen LogP contribution in [0.15, 0.2) is 6.07 Å². The third kappa shape index (κ3) is 5.12. The molecule has 2 aromatic heterocycles. The molecular weight excluding hydrogens is 437 g/mol. The van der Waals surface area contributed by atoms with E-state index >= 15 is 0 Å². The molecule has 0 amide bonds. The van der Waals surface area contributed by atoms with E-state index in [1.807, 2.05) is 0 Å². The second kappa shape index (κ2) is 9.34. The molecule has 1 aliphatic carbocycles. The molecule has 0 radical (unpaired) electrons. The summed E-state index contributed by atoms with van der Waals surface area (Å²) in [7, 11) is 1.36. The molecule has 3 rings (SSSR count). The van der Waals surface area contributed by atoms with Gasteiger partial charge in [0, 0.05) is 23.7 Å². The van der Waals surface area contributed by atoms with E-state index in [1.165, 1.54) is 28.0 Å². The average Bonchev–Trinajstić information content (AvgIpc) is 3.24. The number of alkyl halides is 3. The first-order valence-electron chi connectivity index (χ1n) is 9.60. The molecule has 0 saturated heterocycles. The number of aromatic nitrogens is 2. The van der Waals surface area contributed by atoms with Gasteiger partial charge in [-0.1, -0.05) is 0 Å². The van der Waals surface area contributed by atoms with Crippen LogP contribution in [0.5, 0.6) is 0 Å². The average molecular weight is 461 g/mol. The van der Waals surface area contributed by atoms with Crippen molar-refractivity contribution < 1.29 is 22.7 Å². The first-order valence-corrected chi connectivity index (χ1v) is 10.8. The fourth-order valence-electron chi connectivity index (χ4n) is 3.43. The van der Waals surface area contributed by atoms with Gasteiger partial charge in [-0.15, -0.1) is 11.3 Å². The molecule has 6 nitrogen and oxygen atoms in total. The monoisotopic (exact) mass is 460 g/mol. The summed E-state index contributed by atoms with van der Waals surface area (Å²) in [5.41, 5.74) is 1.16. The zero-order valence-electron chi connectivity index (χ0n) is 16.7. The summed E-state index contributed by atoms with van der Waals surface area (Å²) in [6, 6.07) is 1.03. The zero-order chi connectivity index (χ0) is 21.9. The van der Waals surface area contributed by atoms with Gasteiger partial charge < -0.3 is 15.4 Å². The Bertz CT molecular complexity index is 937.